The molecule has 1 saturated carbocycles. The lowest BCUT2D eigenvalue weighted by molar-refractivity contribution is -0.455. The Kier molecular flexibility index (Phi) is 3.58. The lowest BCUT2D eigenvalue weighted by Gasteiger charge is -2.59. The highest BCUT2D eigenvalue weighted by Gasteiger charge is 2.75. The van der Waals surface area contributed by atoms with Crippen LogP contribution in [0.1, 0.15) is 41.6 Å². The molecule has 1 aliphatic heterocycles. The average Bonchev–Trinajstić information content (AvgIpc) is 2.79. The van der Waals surface area contributed by atoms with Gasteiger partial charge in [0.15, 0.2) is 0 Å². The standard InChI is InChI=1S/C17H22N2O5/c1-23-18-13-9-5-6-10-14(13)19(24-2)17(22)15(20)11-7-3-4-8-12(11)16(17,18)21/h3-4,7-8,13-14,21-22H,5-6,9-10H2,1-2H3/t13-,14+,16+,17+/m0/s1. The maximum atomic E-state index is 13.0. The van der Waals surface area contributed by atoms with Crippen molar-refractivity contribution in [1.29, 1.82) is 0 Å². The number of rotatable bonds is 2. The molecular formula is C17H22N2O5. The van der Waals surface area contributed by atoms with Crippen LogP contribution in [0.4, 0.5) is 0 Å². The fourth-order valence-corrected chi connectivity index (χ4v) is 4.70. The maximum Gasteiger partial charge on any atom is 0.255 e. The molecule has 0 spiro atoms. The van der Waals surface area contributed by atoms with Gasteiger partial charge in [0.1, 0.15) is 0 Å². The Morgan fingerprint density at radius 3 is 2.12 bits per heavy atom. The Morgan fingerprint density at radius 1 is 1.00 bits per heavy atom. The van der Waals surface area contributed by atoms with E-state index in [9.17, 15) is 15.0 Å². The molecule has 2 N–H and O–H groups in total. The second kappa shape index (κ2) is 5.32. The lowest BCUT2D eigenvalue weighted by Crippen LogP contribution is -2.79. The van der Waals surface area contributed by atoms with Gasteiger partial charge in [0.25, 0.3) is 5.72 Å². The van der Waals surface area contributed by atoms with Crippen molar-refractivity contribution in [3.05, 3.63) is 35.4 Å². The molecule has 1 saturated heterocycles. The zero-order valence-electron chi connectivity index (χ0n) is 13.8. The summed E-state index contributed by atoms with van der Waals surface area (Å²) in [5.41, 5.74) is -3.65. The van der Waals surface area contributed by atoms with Crippen LogP contribution in [0.25, 0.3) is 0 Å². The third-order valence-corrected chi connectivity index (χ3v) is 5.68. The number of nitrogens with zero attached hydrogens (tertiary/aromatic N) is 2. The van der Waals surface area contributed by atoms with Crippen molar-refractivity contribution in [2.45, 2.75) is 49.2 Å². The number of hydroxylamine groups is 4. The van der Waals surface area contributed by atoms with Crippen LogP contribution in [0.3, 0.4) is 0 Å². The van der Waals surface area contributed by atoms with E-state index in [2.05, 4.69) is 0 Å². The zero-order chi connectivity index (χ0) is 17.1. The van der Waals surface area contributed by atoms with Crippen LogP contribution in [-0.4, -0.2) is 58.2 Å². The summed E-state index contributed by atoms with van der Waals surface area (Å²) in [5, 5.41) is 25.7. The molecule has 1 aromatic rings. The molecule has 7 heteroatoms. The van der Waals surface area contributed by atoms with Gasteiger partial charge in [0.05, 0.1) is 26.3 Å². The van der Waals surface area contributed by atoms with Gasteiger partial charge in [-0.2, -0.15) is 0 Å². The van der Waals surface area contributed by atoms with Crippen LogP contribution in [0.5, 0.6) is 0 Å². The fraction of sp³-hybridized carbons (Fsp3) is 0.588. The van der Waals surface area contributed by atoms with Crippen LogP contribution in [0.15, 0.2) is 24.3 Å². The van der Waals surface area contributed by atoms with Crippen molar-refractivity contribution in [2.75, 3.05) is 14.2 Å². The number of fused-ring (bicyclic) bond motifs is 4. The quantitative estimate of drug-likeness (QED) is 0.826. The zero-order valence-corrected chi connectivity index (χ0v) is 13.8. The van der Waals surface area contributed by atoms with Gasteiger partial charge in [0.2, 0.25) is 11.5 Å². The van der Waals surface area contributed by atoms with Gasteiger partial charge in [-0.25, -0.2) is 0 Å². The summed E-state index contributed by atoms with van der Waals surface area (Å²) in [7, 11) is 2.88. The van der Waals surface area contributed by atoms with Gasteiger partial charge < -0.3 is 10.2 Å². The number of hydrogen-bond acceptors (Lipinski definition) is 7. The van der Waals surface area contributed by atoms with Crippen molar-refractivity contribution in [1.82, 2.24) is 10.1 Å². The molecule has 24 heavy (non-hydrogen) atoms. The molecule has 0 radical (unpaired) electrons. The van der Waals surface area contributed by atoms with Crippen molar-refractivity contribution >= 4 is 5.78 Å². The molecule has 3 aliphatic rings. The van der Waals surface area contributed by atoms with Crippen LogP contribution in [-0.2, 0) is 15.4 Å². The van der Waals surface area contributed by atoms with Crippen LogP contribution < -0.4 is 0 Å². The molecule has 7 nitrogen and oxygen atoms in total. The summed E-state index contributed by atoms with van der Waals surface area (Å²) in [4.78, 5) is 24.0. The second-order valence-electron chi connectivity index (χ2n) is 6.66. The minimum Gasteiger partial charge on any atom is -0.366 e. The van der Waals surface area contributed by atoms with E-state index in [4.69, 9.17) is 9.68 Å². The molecule has 0 bridgehead atoms. The first kappa shape index (κ1) is 16.1. The molecular weight excluding hydrogens is 312 g/mol. The smallest absolute Gasteiger partial charge is 0.255 e. The Hall–Kier alpha value is -1.35. The minimum atomic E-state index is -2.25. The molecule has 0 amide bonds. The summed E-state index contributed by atoms with van der Waals surface area (Å²) in [6.07, 6.45) is 3.49. The fourth-order valence-electron chi connectivity index (χ4n) is 4.70. The first-order valence-electron chi connectivity index (χ1n) is 8.27. The van der Waals surface area contributed by atoms with Gasteiger partial charge in [-0.3, -0.25) is 14.5 Å². The predicted octanol–water partition coefficient (Wildman–Crippen LogP) is 0.768. The number of ketones is 1. The largest absolute Gasteiger partial charge is 0.366 e. The van der Waals surface area contributed by atoms with E-state index in [0.29, 0.717) is 5.56 Å². The van der Waals surface area contributed by atoms with E-state index < -0.39 is 17.2 Å². The Labute approximate surface area is 140 Å². The molecule has 0 aromatic heterocycles. The topological polar surface area (TPSA) is 82.5 Å². The normalized spacial score (nSPS) is 39.4. The van der Waals surface area contributed by atoms with Crippen molar-refractivity contribution in [3.8, 4) is 0 Å². The number of aliphatic hydroxyl groups is 2. The molecule has 2 fully saturated rings. The lowest BCUT2D eigenvalue weighted by atomic mass is 9.81. The summed E-state index contributed by atoms with van der Waals surface area (Å²) in [5.74, 6) is -0.575. The molecule has 1 aromatic carbocycles. The van der Waals surface area contributed by atoms with Crippen molar-refractivity contribution in [2.24, 2.45) is 0 Å². The molecule has 0 unspecified atom stereocenters. The number of carbonyl (C=O) groups is 1. The Bertz CT molecular complexity index is 683. The molecule has 130 valence electrons. The number of carbonyl (C=O) groups excluding carboxylic acids is 1. The SMILES string of the molecule is CON1[C@@H]2CCCC[C@@H]2N(OC)[C@@]2(O)c3ccccc3C(=O)[C@]12O. The summed E-state index contributed by atoms with van der Waals surface area (Å²) in [6, 6.07) is 6.27. The van der Waals surface area contributed by atoms with Gasteiger partial charge in [0, 0.05) is 11.1 Å². The van der Waals surface area contributed by atoms with E-state index in [0.717, 1.165) is 25.7 Å². The van der Waals surface area contributed by atoms with E-state index in [-0.39, 0.29) is 17.6 Å². The summed E-state index contributed by atoms with van der Waals surface area (Å²) in [6.45, 7) is 0. The molecule has 1 heterocycles. The van der Waals surface area contributed by atoms with Gasteiger partial charge in [-0.15, -0.1) is 10.1 Å². The monoisotopic (exact) mass is 334 g/mol. The number of hydrogen-bond donors (Lipinski definition) is 2. The third kappa shape index (κ3) is 1.64. The van der Waals surface area contributed by atoms with E-state index in [1.807, 2.05) is 0 Å². The van der Waals surface area contributed by atoms with Crippen LogP contribution in [0.2, 0.25) is 0 Å². The van der Waals surface area contributed by atoms with Crippen molar-refractivity contribution < 1.29 is 24.7 Å². The average molecular weight is 334 g/mol. The first-order chi connectivity index (χ1) is 11.5. The molecule has 4 atom stereocenters. The Balaban J connectivity index is 1.97. The van der Waals surface area contributed by atoms with E-state index >= 15 is 0 Å². The van der Waals surface area contributed by atoms with E-state index in [1.54, 1.807) is 24.3 Å². The molecule has 4 rings (SSSR count). The molecule has 2 aliphatic carbocycles. The minimum absolute atomic E-state index is 0.187. The Morgan fingerprint density at radius 2 is 1.54 bits per heavy atom. The highest BCUT2D eigenvalue weighted by molar-refractivity contribution is 6.08. The first-order valence-corrected chi connectivity index (χ1v) is 8.27. The van der Waals surface area contributed by atoms with Crippen LogP contribution >= 0.6 is 0 Å². The number of piperazine rings is 1. The summed E-state index contributed by atoms with van der Waals surface area (Å²) >= 11 is 0. The number of benzene rings is 1. The van der Waals surface area contributed by atoms with Gasteiger partial charge in [-0.1, -0.05) is 37.1 Å². The highest BCUT2D eigenvalue weighted by Crippen LogP contribution is 2.54. The van der Waals surface area contributed by atoms with Gasteiger partial charge >= 0.3 is 0 Å². The van der Waals surface area contributed by atoms with Crippen molar-refractivity contribution in [3.63, 3.8) is 0 Å². The third-order valence-electron chi connectivity index (χ3n) is 5.68. The van der Waals surface area contributed by atoms with E-state index in [1.165, 1.54) is 24.3 Å². The summed E-state index contributed by atoms with van der Waals surface area (Å²) < 4.78 is 0. The van der Waals surface area contributed by atoms with Gasteiger partial charge in [-0.05, 0) is 12.8 Å². The predicted molar refractivity (Wildman–Crippen MR) is 83.4 cm³/mol. The maximum absolute atomic E-state index is 13.0. The highest BCUT2D eigenvalue weighted by atomic mass is 16.7. The second-order valence-corrected chi connectivity index (χ2v) is 6.66. The van der Waals surface area contributed by atoms with Crippen LogP contribution in [0, 0.1) is 0 Å². The number of Topliss-reactive ketones (excluding diaryl/α,β-unsaturated/α-hetero) is 1.